The van der Waals surface area contributed by atoms with Crippen LogP contribution < -0.4 is 0 Å². The maximum absolute atomic E-state index is 9.92. The smallest absolute Gasteiger partial charge is 0.187 e. The third-order valence-electron chi connectivity index (χ3n) is 3.94. The lowest BCUT2D eigenvalue weighted by Gasteiger charge is -2.44. The highest BCUT2D eigenvalue weighted by atomic mass is 16.7. The molecule has 0 unspecified atom stereocenters. The van der Waals surface area contributed by atoms with Gasteiger partial charge in [0.2, 0.25) is 0 Å². The highest BCUT2D eigenvalue weighted by Crippen LogP contribution is 2.28. The van der Waals surface area contributed by atoms with Crippen molar-refractivity contribution in [3.05, 3.63) is 0 Å². The second kappa shape index (κ2) is 7.01. The topological polar surface area (TPSA) is 169 Å². The first-order chi connectivity index (χ1) is 10.3. The highest BCUT2D eigenvalue weighted by molar-refractivity contribution is 4.92. The van der Waals surface area contributed by atoms with E-state index in [2.05, 4.69) is 0 Å². The van der Waals surface area contributed by atoms with E-state index >= 15 is 0 Å². The van der Waals surface area contributed by atoms with Crippen molar-refractivity contribution >= 4 is 0 Å². The van der Waals surface area contributed by atoms with Gasteiger partial charge in [0.15, 0.2) is 12.6 Å². The van der Waals surface area contributed by atoms with Crippen molar-refractivity contribution < 1.29 is 50.0 Å². The van der Waals surface area contributed by atoms with Crippen LogP contribution in [0.2, 0.25) is 0 Å². The minimum Gasteiger partial charge on any atom is -0.394 e. The van der Waals surface area contributed by atoms with Gasteiger partial charge in [-0.25, -0.2) is 0 Å². The summed E-state index contributed by atoms with van der Waals surface area (Å²) in [6, 6.07) is 0. The van der Waals surface area contributed by atoms with Gasteiger partial charge in [0.05, 0.1) is 12.7 Å². The van der Waals surface area contributed by atoms with Crippen molar-refractivity contribution in [2.24, 2.45) is 0 Å². The van der Waals surface area contributed by atoms with Crippen LogP contribution in [0.5, 0.6) is 0 Å². The lowest BCUT2D eigenvalue weighted by atomic mass is 9.97. The Hall–Kier alpha value is -0.400. The largest absolute Gasteiger partial charge is 0.394 e. The van der Waals surface area contributed by atoms with Gasteiger partial charge >= 0.3 is 0 Å². The van der Waals surface area contributed by atoms with Crippen LogP contribution in [0.1, 0.15) is 6.92 Å². The number of aliphatic hydroxyl groups excluding tert-OH is 7. The molecule has 0 aromatic rings. The van der Waals surface area contributed by atoms with Gasteiger partial charge in [-0.1, -0.05) is 0 Å². The molecule has 10 nitrogen and oxygen atoms in total. The molecule has 0 saturated carbocycles. The molecule has 0 spiro atoms. The summed E-state index contributed by atoms with van der Waals surface area (Å²) in [6.45, 7) is 0.846. The van der Waals surface area contributed by atoms with Crippen molar-refractivity contribution in [1.82, 2.24) is 0 Å². The summed E-state index contributed by atoms with van der Waals surface area (Å²) in [5.74, 6) is 0. The Bertz CT molecular complexity index is 366. The summed E-state index contributed by atoms with van der Waals surface area (Å²) >= 11 is 0. The first kappa shape index (κ1) is 17.9. The summed E-state index contributed by atoms with van der Waals surface area (Å²) in [7, 11) is 0. The Kier molecular flexibility index (Phi) is 5.72. The number of hydrogen-bond acceptors (Lipinski definition) is 10. The second-order valence-corrected chi connectivity index (χ2v) is 5.51. The van der Waals surface area contributed by atoms with Crippen LogP contribution in [0.15, 0.2) is 0 Å². The molecular formula is C12H22O10. The molecule has 0 amide bonds. The van der Waals surface area contributed by atoms with Crippen LogP contribution in [0, 0.1) is 0 Å². The molecule has 2 fully saturated rings. The summed E-state index contributed by atoms with van der Waals surface area (Å²) in [6.07, 6.45) is -14.2. The lowest BCUT2D eigenvalue weighted by molar-refractivity contribution is -0.351. The summed E-state index contributed by atoms with van der Waals surface area (Å²) in [4.78, 5) is 0. The average molecular weight is 326 g/mol. The summed E-state index contributed by atoms with van der Waals surface area (Å²) < 4.78 is 15.5. The first-order valence-corrected chi connectivity index (χ1v) is 6.93. The Morgan fingerprint density at radius 1 is 0.818 bits per heavy atom. The molecule has 2 heterocycles. The third kappa shape index (κ3) is 3.26. The zero-order valence-corrected chi connectivity index (χ0v) is 11.8. The van der Waals surface area contributed by atoms with E-state index in [0.29, 0.717) is 0 Å². The van der Waals surface area contributed by atoms with Crippen LogP contribution in [-0.4, -0.2) is 104 Å². The normalized spacial score (nSPS) is 53.5. The third-order valence-corrected chi connectivity index (χ3v) is 3.94. The lowest BCUT2D eigenvalue weighted by Crippen LogP contribution is -2.63. The first-order valence-electron chi connectivity index (χ1n) is 6.93. The van der Waals surface area contributed by atoms with Gasteiger partial charge < -0.3 is 50.0 Å². The molecule has 2 rings (SSSR count). The maximum atomic E-state index is 9.92. The zero-order chi connectivity index (χ0) is 16.6. The Labute approximate surface area is 126 Å². The molecular weight excluding hydrogens is 304 g/mol. The average Bonchev–Trinajstić information content (AvgIpc) is 2.49. The molecule has 0 radical (unpaired) electrons. The highest BCUT2D eigenvalue weighted by Gasteiger charge is 2.49. The zero-order valence-electron chi connectivity index (χ0n) is 11.8. The van der Waals surface area contributed by atoms with Crippen molar-refractivity contribution in [3.8, 4) is 0 Å². The van der Waals surface area contributed by atoms with Gasteiger partial charge in [-0.2, -0.15) is 0 Å². The predicted molar refractivity (Wildman–Crippen MR) is 67.2 cm³/mol. The molecule has 22 heavy (non-hydrogen) atoms. The molecule has 2 aliphatic rings. The van der Waals surface area contributed by atoms with Crippen LogP contribution >= 0.6 is 0 Å². The van der Waals surface area contributed by atoms with E-state index in [9.17, 15) is 30.6 Å². The van der Waals surface area contributed by atoms with E-state index in [1.165, 1.54) is 6.92 Å². The minimum absolute atomic E-state index is 0.620. The van der Waals surface area contributed by atoms with Gasteiger partial charge in [-0.05, 0) is 6.92 Å². The van der Waals surface area contributed by atoms with Crippen LogP contribution in [0.25, 0.3) is 0 Å². The number of rotatable bonds is 3. The van der Waals surface area contributed by atoms with Crippen molar-refractivity contribution in [3.63, 3.8) is 0 Å². The van der Waals surface area contributed by atoms with E-state index in [1.54, 1.807) is 0 Å². The summed E-state index contributed by atoms with van der Waals surface area (Å²) in [5.41, 5.74) is 0. The van der Waals surface area contributed by atoms with Gasteiger partial charge in [-0.15, -0.1) is 0 Å². The molecule has 0 aromatic heterocycles. The number of hydrogen-bond donors (Lipinski definition) is 7. The van der Waals surface area contributed by atoms with Crippen molar-refractivity contribution in [2.45, 2.75) is 68.3 Å². The van der Waals surface area contributed by atoms with E-state index < -0.39 is 68.0 Å². The minimum atomic E-state index is -1.64. The Morgan fingerprint density at radius 2 is 1.45 bits per heavy atom. The van der Waals surface area contributed by atoms with Crippen LogP contribution in [-0.2, 0) is 14.2 Å². The van der Waals surface area contributed by atoms with E-state index in [-0.39, 0.29) is 0 Å². The molecule has 2 aliphatic heterocycles. The SMILES string of the molecule is C[C@@H]1O[C@@H](O)[C@@H](O)[C@H](O)[C@@H]1O[C@@H]1O[C@H](CO)[C@@H](O)[C@H](O)[C@H]1O. The standard InChI is InChI=1S/C12H22O10/c1-3-10(7(16)8(17)11(19)20-3)22-12-9(18)6(15)5(14)4(2-13)21-12/h3-19H,2H2,1H3/t3-,4+,5+,6-,7-,8-,9+,10+,11+,12-/m0/s1. The Morgan fingerprint density at radius 3 is 2.05 bits per heavy atom. The number of ether oxygens (including phenoxy) is 3. The fraction of sp³-hybridized carbons (Fsp3) is 1.00. The molecule has 10 heteroatoms. The number of aliphatic hydroxyl groups is 7. The monoisotopic (exact) mass is 326 g/mol. The van der Waals surface area contributed by atoms with Crippen molar-refractivity contribution in [1.29, 1.82) is 0 Å². The molecule has 0 bridgehead atoms. The fourth-order valence-electron chi connectivity index (χ4n) is 2.54. The van der Waals surface area contributed by atoms with E-state index in [4.69, 9.17) is 19.3 Å². The predicted octanol–water partition coefficient (Wildman–Crippen LogP) is -4.37. The molecule has 130 valence electrons. The fourth-order valence-corrected chi connectivity index (χ4v) is 2.54. The molecule has 2 saturated heterocycles. The van der Waals surface area contributed by atoms with Crippen LogP contribution in [0.3, 0.4) is 0 Å². The van der Waals surface area contributed by atoms with Gasteiger partial charge in [0.25, 0.3) is 0 Å². The molecule has 0 aromatic carbocycles. The van der Waals surface area contributed by atoms with Gasteiger partial charge in [0.1, 0.15) is 42.7 Å². The van der Waals surface area contributed by atoms with E-state index in [1.807, 2.05) is 0 Å². The molecule has 7 N–H and O–H groups in total. The van der Waals surface area contributed by atoms with Gasteiger partial charge in [0, 0.05) is 0 Å². The van der Waals surface area contributed by atoms with Crippen LogP contribution in [0.4, 0.5) is 0 Å². The summed E-state index contributed by atoms with van der Waals surface area (Å²) in [5, 5.41) is 67.2. The Balaban J connectivity index is 2.08. The molecule has 0 aliphatic carbocycles. The quantitative estimate of drug-likeness (QED) is 0.269. The maximum Gasteiger partial charge on any atom is 0.187 e. The van der Waals surface area contributed by atoms with E-state index in [0.717, 1.165) is 0 Å². The second-order valence-electron chi connectivity index (χ2n) is 5.51. The van der Waals surface area contributed by atoms with Gasteiger partial charge in [-0.3, -0.25) is 0 Å². The molecule has 10 atom stereocenters. The van der Waals surface area contributed by atoms with Crippen molar-refractivity contribution in [2.75, 3.05) is 6.61 Å².